The van der Waals surface area contributed by atoms with Crippen LogP contribution in [0.1, 0.15) is 12.0 Å². The Morgan fingerprint density at radius 2 is 1.89 bits per heavy atom. The number of para-hydroxylation sites is 1. The van der Waals surface area contributed by atoms with Gasteiger partial charge >= 0.3 is 0 Å². The second-order valence-corrected chi connectivity index (χ2v) is 6.31. The molecule has 3 aromatic rings. The molecule has 0 aliphatic rings. The number of ether oxygens (including phenoxy) is 1. The first kappa shape index (κ1) is 18.6. The maximum Gasteiger partial charge on any atom is 0.277 e. The summed E-state index contributed by atoms with van der Waals surface area (Å²) < 4.78 is 6.95. The van der Waals surface area contributed by atoms with Gasteiger partial charge < -0.3 is 9.64 Å². The summed E-state index contributed by atoms with van der Waals surface area (Å²) in [5, 5.41) is 8.43. The molecule has 1 aromatic heterocycles. The minimum absolute atomic E-state index is 0.0785. The van der Waals surface area contributed by atoms with Gasteiger partial charge in [-0.2, -0.15) is 0 Å². The first-order valence-corrected chi connectivity index (χ1v) is 8.81. The average Bonchev–Trinajstić information content (AvgIpc) is 2.69. The van der Waals surface area contributed by atoms with Gasteiger partial charge in [-0.25, -0.2) is 4.68 Å². The molecule has 140 valence electrons. The zero-order valence-corrected chi connectivity index (χ0v) is 15.5. The smallest absolute Gasteiger partial charge is 0.277 e. The van der Waals surface area contributed by atoms with Gasteiger partial charge in [0.15, 0.2) is 0 Å². The minimum Gasteiger partial charge on any atom is -0.491 e. The Bertz CT molecular complexity index is 1000. The van der Waals surface area contributed by atoms with Crippen LogP contribution in [0.2, 0.25) is 0 Å². The van der Waals surface area contributed by atoms with Gasteiger partial charge in [0.1, 0.15) is 17.9 Å². The maximum atomic E-state index is 12.4. The molecule has 0 aliphatic carbocycles. The zero-order valence-electron chi connectivity index (χ0n) is 15.5. The number of benzene rings is 2. The summed E-state index contributed by atoms with van der Waals surface area (Å²) in [6.45, 7) is 3.04. The average molecular weight is 366 g/mol. The molecule has 27 heavy (non-hydrogen) atoms. The van der Waals surface area contributed by atoms with Crippen molar-refractivity contribution in [2.45, 2.75) is 19.9 Å². The molecular formula is C20H22N4O3. The Kier molecular flexibility index (Phi) is 5.80. The molecule has 2 aromatic carbocycles. The Hall–Kier alpha value is -3.22. The third-order valence-corrected chi connectivity index (χ3v) is 4.37. The largest absolute Gasteiger partial charge is 0.491 e. The van der Waals surface area contributed by atoms with Gasteiger partial charge in [0.05, 0.1) is 18.5 Å². The Balaban J connectivity index is 1.52. The second kappa shape index (κ2) is 8.44. The quantitative estimate of drug-likeness (QED) is 0.639. The third-order valence-electron chi connectivity index (χ3n) is 4.37. The monoisotopic (exact) mass is 366 g/mol. The van der Waals surface area contributed by atoms with E-state index < -0.39 is 0 Å². The van der Waals surface area contributed by atoms with E-state index in [0.29, 0.717) is 24.1 Å². The van der Waals surface area contributed by atoms with Gasteiger partial charge in [-0.05, 0) is 30.7 Å². The van der Waals surface area contributed by atoms with Crippen molar-refractivity contribution in [1.82, 2.24) is 19.9 Å². The zero-order chi connectivity index (χ0) is 19.2. The molecule has 0 saturated carbocycles. The lowest BCUT2D eigenvalue weighted by molar-refractivity contribution is -0.130. The molecule has 0 radical (unpaired) electrons. The van der Waals surface area contributed by atoms with Gasteiger partial charge in [-0.15, -0.1) is 5.10 Å². The molecule has 3 rings (SSSR count). The fourth-order valence-electron chi connectivity index (χ4n) is 2.70. The van der Waals surface area contributed by atoms with Crippen molar-refractivity contribution in [3.63, 3.8) is 0 Å². The van der Waals surface area contributed by atoms with Gasteiger partial charge in [-0.3, -0.25) is 9.59 Å². The van der Waals surface area contributed by atoms with Crippen LogP contribution < -0.4 is 10.3 Å². The second-order valence-electron chi connectivity index (χ2n) is 6.31. The summed E-state index contributed by atoms with van der Waals surface area (Å²) in [4.78, 5) is 26.3. The van der Waals surface area contributed by atoms with Crippen molar-refractivity contribution in [1.29, 1.82) is 0 Å². The van der Waals surface area contributed by atoms with E-state index in [-0.39, 0.29) is 24.4 Å². The molecule has 0 unspecified atom stereocenters. The normalized spacial score (nSPS) is 10.7. The first-order chi connectivity index (χ1) is 13.1. The summed E-state index contributed by atoms with van der Waals surface area (Å²) >= 11 is 0. The van der Waals surface area contributed by atoms with Gasteiger partial charge in [-0.1, -0.05) is 35.5 Å². The molecule has 0 spiro atoms. The van der Waals surface area contributed by atoms with Gasteiger partial charge in [0.2, 0.25) is 5.91 Å². The number of aryl methyl sites for hydroxylation is 2. The van der Waals surface area contributed by atoms with Crippen LogP contribution in [0.15, 0.2) is 53.3 Å². The van der Waals surface area contributed by atoms with Crippen molar-refractivity contribution in [2.24, 2.45) is 0 Å². The summed E-state index contributed by atoms with van der Waals surface area (Å²) in [6, 6.07) is 14.8. The molecule has 0 atom stereocenters. The number of aromatic nitrogens is 3. The summed E-state index contributed by atoms with van der Waals surface area (Å²) in [5.74, 6) is 0.738. The molecule has 7 nitrogen and oxygen atoms in total. The highest BCUT2D eigenvalue weighted by Gasteiger charge is 2.11. The van der Waals surface area contributed by atoms with Crippen LogP contribution in [-0.4, -0.2) is 46.0 Å². The van der Waals surface area contributed by atoms with Gasteiger partial charge in [0, 0.05) is 13.5 Å². The van der Waals surface area contributed by atoms with E-state index in [9.17, 15) is 9.59 Å². The van der Waals surface area contributed by atoms with Crippen molar-refractivity contribution < 1.29 is 9.53 Å². The molecule has 0 N–H and O–H groups in total. The highest BCUT2D eigenvalue weighted by atomic mass is 16.5. The van der Waals surface area contributed by atoms with Crippen LogP contribution in [0.3, 0.4) is 0 Å². The number of hydrogen-bond donors (Lipinski definition) is 0. The topological polar surface area (TPSA) is 77.3 Å². The van der Waals surface area contributed by atoms with Crippen LogP contribution in [-0.2, 0) is 11.3 Å². The molecule has 0 aliphatic heterocycles. The SMILES string of the molecule is Cc1ccccc1OCCN(C)C(=O)CCn1nnc2ccccc2c1=O. The summed E-state index contributed by atoms with van der Waals surface area (Å²) in [6.07, 6.45) is 0.174. The molecule has 0 saturated heterocycles. The highest BCUT2D eigenvalue weighted by Crippen LogP contribution is 2.15. The van der Waals surface area contributed by atoms with E-state index in [1.54, 1.807) is 36.2 Å². The molecular weight excluding hydrogens is 344 g/mol. The van der Waals surface area contributed by atoms with E-state index in [4.69, 9.17) is 4.74 Å². The maximum absolute atomic E-state index is 12.4. The molecule has 1 amide bonds. The number of carbonyl (C=O) groups excluding carboxylic acids is 1. The van der Waals surface area contributed by atoms with Gasteiger partial charge in [0.25, 0.3) is 5.56 Å². The fourth-order valence-corrected chi connectivity index (χ4v) is 2.70. The van der Waals surface area contributed by atoms with Crippen LogP contribution in [0.4, 0.5) is 0 Å². The third kappa shape index (κ3) is 4.49. The Morgan fingerprint density at radius 1 is 1.15 bits per heavy atom. The van der Waals surface area contributed by atoms with E-state index in [1.807, 2.05) is 31.2 Å². The number of hydrogen-bond acceptors (Lipinski definition) is 5. The summed E-state index contributed by atoms with van der Waals surface area (Å²) in [7, 11) is 1.72. The van der Waals surface area contributed by atoms with Crippen LogP contribution in [0.5, 0.6) is 5.75 Å². The standard InChI is InChI=1S/C20H22N4O3/c1-15-7-3-6-10-18(15)27-14-13-23(2)19(25)11-12-24-20(26)16-8-4-5-9-17(16)21-22-24/h3-10H,11-14H2,1-2H3. The van der Waals surface area contributed by atoms with E-state index in [2.05, 4.69) is 10.3 Å². The number of carbonyl (C=O) groups is 1. The molecule has 0 fully saturated rings. The number of likely N-dealkylation sites (N-methyl/N-ethyl adjacent to an activating group) is 1. The predicted octanol–water partition coefficient (Wildman–Crippen LogP) is 2.03. The predicted molar refractivity (Wildman–Crippen MR) is 103 cm³/mol. The lowest BCUT2D eigenvalue weighted by atomic mass is 10.2. The minimum atomic E-state index is -0.237. The van der Waals surface area contributed by atoms with Crippen molar-refractivity contribution >= 4 is 16.8 Å². The fraction of sp³-hybridized carbons (Fsp3) is 0.300. The number of fused-ring (bicyclic) bond motifs is 1. The molecule has 1 heterocycles. The number of rotatable bonds is 7. The molecule has 0 bridgehead atoms. The Labute approximate surface area is 157 Å². The van der Waals surface area contributed by atoms with E-state index in [0.717, 1.165) is 11.3 Å². The van der Waals surface area contributed by atoms with Crippen molar-refractivity contribution in [3.05, 3.63) is 64.4 Å². The number of nitrogens with zero attached hydrogens (tertiary/aromatic N) is 4. The number of amides is 1. The summed E-state index contributed by atoms with van der Waals surface area (Å²) in [5.41, 5.74) is 1.37. The van der Waals surface area contributed by atoms with E-state index in [1.165, 1.54) is 4.68 Å². The van der Waals surface area contributed by atoms with Crippen LogP contribution in [0.25, 0.3) is 10.9 Å². The van der Waals surface area contributed by atoms with Crippen LogP contribution in [0, 0.1) is 6.92 Å². The molecule has 7 heteroatoms. The van der Waals surface area contributed by atoms with Crippen molar-refractivity contribution in [2.75, 3.05) is 20.2 Å². The lowest BCUT2D eigenvalue weighted by Crippen LogP contribution is -2.33. The Morgan fingerprint density at radius 3 is 2.70 bits per heavy atom. The lowest BCUT2D eigenvalue weighted by Gasteiger charge is -2.18. The first-order valence-electron chi connectivity index (χ1n) is 8.81. The van der Waals surface area contributed by atoms with E-state index >= 15 is 0 Å². The van der Waals surface area contributed by atoms with Crippen molar-refractivity contribution in [3.8, 4) is 5.75 Å². The van der Waals surface area contributed by atoms with Crippen LogP contribution >= 0.6 is 0 Å². The highest BCUT2D eigenvalue weighted by molar-refractivity contribution is 5.77.